The minimum atomic E-state index is -0.857. The molecule has 0 aliphatic rings. The van der Waals surface area contributed by atoms with E-state index >= 15 is 0 Å². The second-order valence-corrected chi connectivity index (χ2v) is 4.44. The summed E-state index contributed by atoms with van der Waals surface area (Å²) in [4.78, 5) is 10.5. The number of halogens is 1. The molecule has 0 unspecified atom stereocenters. The lowest BCUT2D eigenvalue weighted by Crippen LogP contribution is -2.02. The van der Waals surface area contributed by atoms with Crippen LogP contribution in [0.15, 0.2) is 48.5 Å². The monoisotopic (exact) mass is 274 g/mol. The van der Waals surface area contributed by atoms with Gasteiger partial charge in [0.2, 0.25) is 0 Å². The van der Waals surface area contributed by atoms with Gasteiger partial charge in [0.15, 0.2) is 0 Å². The Hall–Kier alpha value is -2.36. The molecule has 0 bridgehead atoms. The number of aliphatic carboxylic acids is 1. The summed E-state index contributed by atoms with van der Waals surface area (Å²) in [7, 11) is 0. The van der Waals surface area contributed by atoms with Crippen LogP contribution in [0.25, 0.3) is 0 Å². The first-order chi connectivity index (χ1) is 9.63. The zero-order chi connectivity index (χ0) is 14.4. The van der Waals surface area contributed by atoms with Gasteiger partial charge in [-0.25, -0.2) is 4.39 Å². The molecule has 2 aromatic rings. The Bertz CT molecular complexity index is 579. The van der Waals surface area contributed by atoms with Crippen LogP contribution >= 0.6 is 0 Å². The molecular weight excluding hydrogens is 259 g/mol. The molecule has 0 aliphatic heterocycles. The largest absolute Gasteiger partial charge is 0.493 e. The summed E-state index contributed by atoms with van der Waals surface area (Å²) < 4.78 is 18.5. The maximum atomic E-state index is 13.0. The highest BCUT2D eigenvalue weighted by Crippen LogP contribution is 2.13. The predicted octanol–water partition coefficient (Wildman–Crippen LogP) is 3.07. The third-order valence-corrected chi connectivity index (χ3v) is 2.83. The van der Waals surface area contributed by atoms with E-state index in [1.807, 2.05) is 6.07 Å². The molecule has 0 heterocycles. The first-order valence-corrected chi connectivity index (χ1v) is 6.31. The van der Waals surface area contributed by atoms with Crippen molar-refractivity contribution in [2.45, 2.75) is 12.8 Å². The van der Waals surface area contributed by atoms with Crippen molar-refractivity contribution in [1.82, 2.24) is 0 Å². The zero-order valence-electron chi connectivity index (χ0n) is 10.9. The summed E-state index contributed by atoms with van der Waals surface area (Å²) in [6.45, 7) is 0.446. The fraction of sp³-hybridized carbons (Fsp3) is 0.188. The average Bonchev–Trinajstić information content (AvgIpc) is 2.40. The Balaban J connectivity index is 1.83. The van der Waals surface area contributed by atoms with Crippen LogP contribution in [0.4, 0.5) is 4.39 Å². The van der Waals surface area contributed by atoms with Crippen molar-refractivity contribution in [2.75, 3.05) is 6.61 Å². The van der Waals surface area contributed by atoms with E-state index in [9.17, 15) is 9.18 Å². The summed E-state index contributed by atoms with van der Waals surface area (Å²) in [5.41, 5.74) is 1.61. The van der Waals surface area contributed by atoms with Gasteiger partial charge in [-0.05, 0) is 35.4 Å². The van der Waals surface area contributed by atoms with Crippen molar-refractivity contribution in [3.63, 3.8) is 0 Å². The number of ether oxygens (including phenoxy) is 1. The van der Waals surface area contributed by atoms with Gasteiger partial charge in [-0.15, -0.1) is 0 Å². The molecule has 104 valence electrons. The van der Waals surface area contributed by atoms with Gasteiger partial charge in [0.05, 0.1) is 13.0 Å². The van der Waals surface area contributed by atoms with Crippen LogP contribution in [0, 0.1) is 5.82 Å². The van der Waals surface area contributed by atoms with E-state index in [2.05, 4.69) is 0 Å². The van der Waals surface area contributed by atoms with Crippen LogP contribution in [0.1, 0.15) is 11.1 Å². The smallest absolute Gasteiger partial charge is 0.307 e. The highest BCUT2D eigenvalue weighted by Gasteiger charge is 2.01. The van der Waals surface area contributed by atoms with Crippen molar-refractivity contribution in [3.05, 3.63) is 65.5 Å². The van der Waals surface area contributed by atoms with Gasteiger partial charge in [-0.2, -0.15) is 0 Å². The number of rotatable bonds is 6. The van der Waals surface area contributed by atoms with Gasteiger partial charge in [0.1, 0.15) is 11.6 Å². The second kappa shape index (κ2) is 6.70. The molecule has 0 aliphatic carbocycles. The lowest BCUT2D eigenvalue weighted by atomic mass is 10.1. The molecule has 3 nitrogen and oxygen atoms in total. The summed E-state index contributed by atoms with van der Waals surface area (Å²) >= 11 is 0. The zero-order valence-corrected chi connectivity index (χ0v) is 10.9. The Kier molecular flexibility index (Phi) is 4.71. The van der Waals surface area contributed by atoms with Crippen LogP contribution in [0.3, 0.4) is 0 Å². The van der Waals surface area contributed by atoms with E-state index in [0.717, 1.165) is 11.1 Å². The van der Waals surface area contributed by atoms with Crippen molar-refractivity contribution < 1.29 is 19.0 Å². The summed E-state index contributed by atoms with van der Waals surface area (Å²) in [5, 5.41) is 8.66. The molecule has 2 rings (SSSR count). The molecule has 0 saturated heterocycles. The minimum Gasteiger partial charge on any atom is -0.493 e. The van der Waals surface area contributed by atoms with Gasteiger partial charge in [-0.3, -0.25) is 4.79 Å². The van der Waals surface area contributed by atoms with Crippen molar-refractivity contribution in [3.8, 4) is 5.75 Å². The Morgan fingerprint density at radius 3 is 2.50 bits per heavy atom. The second-order valence-electron chi connectivity index (χ2n) is 4.44. The van der Waals surface area contributed by atoms with Gasteiger partial charge in [0.25, 0.3) is 0 Å². The molecule has 0 radical (unpaired) electrons. The van der Waals surface area contributed by atoms with Gasteiger partial charge in [0, 0.05) is 6.42 Å². The average molecular weight is 274 g/mol. The highest BCUT2D eigenvalue weighted by atomic mass is 19.1. The number of hydrogen-bond donors (Lipinski definition) is 1. The highest BCUT2D eigenvalue weighted by molar-refractivity contribution is 5.70. The Labute approximate surface area is 116 Å². The predicted molar refractivity (Wildman–Crippen MR) is 73.4 cm³/mol. The van der Waals surface area contributed by atoms with Crippen LogP contribution < -0.4 is 4.74 Å². The first-order valence-electron chi connectivity index (χ1n) is 6.31. The van der Waals surface area contributed by atoms with Gasteiger partial charge >= 0.3 is 5.97 Å². The fourth-order valence-electron chi connectivity index (χ4n) is 1.86. The van der Waals surface area contributed by atoms with Crippen molar-refractivity contribution in [2.24, 2.45) is 0 Å². The van der Waals surface area contributed by atoms with Crippen molar-refractivity contribution in [1.29, 1.82) is 0 Å². The van der Waals surface area contributed by atoms with E-state index < -0.39 is 5.97 Å². The molecule has 0 aromatic heterocycles. The third-order valence-electron chi connectivity index (χ3n) is 2.83. The number of benzene rings is 2. The molecule has 4 heteroatoms. The quantitative estimate of drug-likeness (QED) is 0.880. The maximum absolute atomic E-state index is 13.0. The fourth-order valence-corrected chi connectivity index (χ4v) is 1.86. The minimum absolute atomic E-state index is 0.00354. The molecule has 0 spiro atoms. The molecule has 0 fully saturated rings. The molecule has 0 atom stereocenters. The van der Waals surface area contributed by atoms with Gasteiger partial charge < -0.3 is 9.84 Å². The van der Waals surface area contributed by atoms with E-state index in [1.54, 1.807) is 30.3 Å². The first kappa shape index (κ1) is 14.1. The standard InChI is InChI=1S/C16H15FO3/c17-14-3-1-2-12(10-14)8-9-20-15-6-4-13(5-7-15)11-16(18)19/h1-7,10H,8-9,11H2,(H,18,19). The number of carbonyl (C=O) groups is 1. The summed E-state index contributed by atoms with van der Waals surface area (Å²) in [5.74, 6) is -0.430. The third kappa shape index (κ3) is 4.39. The lowest BCUT2D eigenvalue weighted by molar-refractivity contribution is -0.136. The summed E-state index contributed by atoms with van der Waals surface area (Å²) in [6.07, 6.45) is 0.623. The van der Waals surface area contributed by atoms with Crippen LogP contribution in [0.5, 0.6) is 5.75 Å². The van der Waals surface area contributed by atoms with Crippen molar-refractivity contribution >= 4 is 5.97 Å². The summed E-state index contributed by atoms with van der Waals surface area (Å²) in [6, 6.07) is 13.4. The molecule has 1 N–H and O–H groups in total. The number of hydrogen-bond acceptors (Lipinski definition) is 2. The molecule has 20 heavy (non-hydrogen) atoms. The van der Waals surface area contributed by atoms with Crippen LogP contribution in [-0.2, 0) is 17.6 Å². The maximum Gasteiger partial charge on any atom is 0.307 e. The van der Waals surface area contributed by atoms with E-state index in [1.165, 1.54) is 12.1 Å². The molecule has 0 amide bonds. The van der Waals surface area contributed by atoms with Gasteiger partial charge in [-0.1, -0.05) is 24.3 Å². The SMILES string of the molecule is O=C(O)Cc1ccc(OCCc2cccc(F)c2)cc1. The van der Waals surface area contributed by atoms with Crippen LogP contribution in [0.2, 0.25) is 0 Å². The Morgan fingerprint density at radius 1 is 1.10 bits per heavy atom. The number of carboxylic acid groups (broad SMARTS) is 1. The topological polar surface area (TPSA) is 46.5 Å². The van der Waals surface area contributed by atoms with E-state index in [-0.39, 0.29) is 12.2 Å². The van der Waals surface area contributed by atoms with Crippen LogP contribution in [-0.4, -0.2) is 17.7 Å². The molecular formula is C16H15FO3. The lowest BCUT2D eigenvalue weighted by Gasteiger charge is -2.07. The van der Waals surface area contributed by atoms with E-state index in [0.29, 0.717) is 18.8 Å². The molecule has 0 saturated carbocycles. The van der Waals surface area contributed by atoms with E-state index in [4.69, 9.17) is 9.84 Å². The normalized spacial score (nSPS) is 10.2. The Morgan fingerprint density at radius 2 is 1.85 bits per heavy atom. The number of carboxylic acids is 1. The molecule has 2 aromatic carbocycles.